The van der Waals surface area contributed by atoms with Crippen LogP contribution in [0.2, 0.25) is 0 Å². The number of amides is 1. The third-order valence-corrected chi connectivity index (χ3v) is 3.41. The van der Waals surface area contributed by atoms with Crippen LogP contribution in [0.3, 0.4) is 0 Å². The standard InChI is InChI=1S/C19H21NO3/c1-22-17-10-8-16(18(14-17)23-2)9-11-19(21)20-13-12-15-6-4-3-5-7-15/h3-11,14H,12-13H2,1-2H3,(H,20,21). The van der Waals surface area contributed by atoms with Crippen LogP contribution < -0.4 is 14.8 Å². The summed E-state index contributed by atoms with van der Waals surface area (Å²) in [4.78, 5) is 11.9. The van der Waals surface area contributed by atoms with Crippen molar-refractivity contribution in [3.63, 3.8) is 0 Å². The molecule has 23 heavy (non-hydrogen) atoms. The van der Waals surface area contributed by atoms with E-state index < -0.39 is 0 Å². The molecule has 0 aromatic heterocycles. The number of carbonyl (C=O) groups is 1. The van der Waals surface area contributed by atoms with E-state index in [1.54, 1.807) is 26.4 Å². The highest BCUT2D eigenvalue weighted by molar-refractivity contribution is 5.92. The lowest BCUT2D eigenvalue weighted by Gasteiger charge is -2.07. The molecule has 0 radical (unpaired) electrons. The van der Waals surface area contributed by atoms with Crippen LogP contribution in [0.25, 0.3) is 6.08 Å². The summed E-state index contributed by atoms with van der Waals surface area (Å²) >= 11 is 0. The molecule has 1 N–H and O–H groups in total. The highest BCUT2D eigenvalue weighted by Crippen LogP contribution is 2.25. The quantitative estimate of drug-likeness (QED) is 0.799. The van der Waals surface area contributed by atoms with E-state index in [-0.39, 0.29) is 5.91 Å². The van der Waals surface area contributed by atoms with Crippen LogP contribution in [0.15, 0.2) is 54.6 Å². The molecule has 0 fully saturated rings. The predicted molar refractivity (Wildman–Crippen MR) is 91.7 cm³/mol. The fourth-order valence-electron chi connectivity index (χ4n) is 2.16. The molecule has 0 bridgehead atoms. The van der Waals surface area contributed by atoms with Gasteiger partial charge in [0, 0.05) is 24.3 Å². The fourth-order valence-corrected chi connectivity index (χ4v) is 2.16. The minimum absolute atomic E-state index is 0.126. The van der Waals surface area contributed by atoms with Gasteiger partial charge in [-0.3, -0.25) is 4.79 Å². The first kappa shape index (κ1) is 16.6. The zero-order valence-corrected chi connectivity index (χ0v) is 13.4. The lowest BCUT2D eigenvalue weighted by atomic mass is 10.1. The summed E-state index contributed by atoms with van der Waals surface area (Å²) in [6, 6.07) is 15.5. The molecule has 2 aromatic carbocycles. The summed E-state index contributed by atoms with van der Waals surface area (Å²) in [5.41, 5.74) is 2.03. The molecule has 2 aromatic rings. The summed E-state index contributed by atoms with van der Waals surface area (Å²) in [6.45, 7) is 0.604. The number of hydrogen-bond donors (Lipinski definition) is 1. The Morgan fingerprint density at radius 3 is 2.57 bits per heavy atom. The molecule has 4 nitrogen and oxygen atoms in total. The van der Waals surface area contributed by atoms with Crippen LogP contribution in [0.1, 0.15) is 11.1 Å². The van der Waals surface area contributed by atoms with Crippen molar-refractivity contribution in [2.45, 2.75) is 6.42 Å². The smallest absolute Gasteiger partial charge is 0.244 e. The van der Waals surface area contributed by atoms with Gasteiger partial charge in [0.25, 0.3) is 0 Å². The molecule has 0 unspecified atom stereocenters. The number of carbonyl (C=O) groups excluding carboxylic acids is 1. The van der Waals surface area contributed by atoms with Crippen LogP contribution in [0, 0.1) is 0 Å². The second-order valence-electron chi connectivity index (χ2n) is 4.97. The first-order valence-electron chi connectivity index (χ1n) is 7.45. The normalized spacial score (nSPS) is 10.5. The summed E-state index contributed by atoms with van der Waals surface area (Å²) in [6.07, 6.45) is 4.05. The van der Waals surface area contributed by atoms with Crippen molar-refractivity contribution < 1.29 is 14.3 Å². The minimum atomic E-state index is -0.126. The van der Waals surface area contributed by atoms with Crippen molar-refractivity contribution in [3.8, 4) is 11.5 Å². The maximum atomic E-state index is 11.9. The van der Waals surface area contributed by atoms with Gasteiger partial charge in [0.1, 0.15) is 11.5 Å². The summed E-state index contributed by atoms with van der Waals surface area (Å²) in [7, 11) is 3.19. The van der Waals surface area contributed by atoms with Gasteiger partial charge in [-0.15, -0.1) is 0 Å². The van der Waals surface area contributed by atoms with Crippen molar-refractivity contribution in [3.05, 3.63) is 65.7 Å². The van der Waals surface area contributed by atoms with Crippen LogP contribution in [-0.4, -0.2) is 26.7 Å². The van der Waals surface area contributed by atoms with Crippen LogP contribution >= 0.6 is 0 Å². The van der Waals surface area contributed by atoms with Crippen LogP contribution in [0.4, 0.5) is 0 Å². The Balaban J connectivity index is 1.88. The maximum Gasteiger partial charge on any atom is 0.244 e. The van der Waals surface area contributed by atoms with Gasteiger partial charge in [-0.05, 0) is 30.2 Å². The summed E-state index contributed by atoms with van der Waals surface area (Å²) in [5.74, 6) is 1.25. The van der Waals surface area contributed by atoms with E-state index in [0.717, 1.165) is 12.0 Å². The van der Waals surface area contributed by atoms with Crippen LogP contribution in [-0.2, 0) is 11.2 Å². The van der Waals surface area contributed by atoms with Crippen molar-refractivity contribution >= 4 is 12.0 Å². The molecule has 0 aliphatic carbocycles. The second kappa shape index (κ2) is 8.63. The molecular formula is C19H21NO3. The van der Waals surface area contributed by atoms with Crippen molar-refractivity contribution in [2.75, 3.05) is 20.8 Å². The van der Waals surface area contributed by atoms with Gasteiger partial charge >= 0.3 is 0 Å². The molecule has 1 amide bonds. The molecule has 0 saturated carbocycles. The lowest BCUT2D eigenvalue weighted by molar-refractivity contribution is -0.116. The second-order valence-corrected chi connectivity index (χ2v) is 4.97. The largest absolute Gasteiger partial charge is 0.497 e. The third-order valence-electron chi connectivity index (χ3n) is 3.41. The Bertz CT molecular complexity index is 666. The van der Waals surface area contributed by atoms with Crippen molar-refractivity contribution in [1.82, 2.24) is 5.32 Å². The van der Waals surface area contributed by atoms with E-state index in [0.29, 0.717) is 18.0 Å². The van der Waals surface area contributed by atoms with Gasteiger partial charge in [-0.2, -0.15) is 0 Å². The SMILES string of the molecule is COc1ccc(C=CC(=O)NCCc2ccccc2)c(OC)c1. The van der Waals surface area contributed by atoms with Crippen molar-refractivity contribution in [1.29, 1.82) is 0 Å². The van der Waals surface area contributed by atoms with E-state index in [2.05, 4.69) is 5.32 Å². The number of rotatable bonds is 7. The Kier molecular flexibility index (Phi) is 6.24. The van der Waals surface area contributed by atoms with E-state index in [1.165, 1.54) is 11.6 Å². The predicted octanol–water partition coefficient (Wildman–Crippen LogP) is 3.08. The number of hydrogen-bond acceptors (Lipinski definition) is 3. The Morgan fingerprint density at radius 2 is 1.87 bits per heavy atom. The monoisotopic (exact) mass is 311 g/mol. The molecule has 0 spiro atoms. The van der Waals surface area contributed by atoms with Gasteiger partial charge < -0.3 is 14.8 Å². The first-order valence-corrected chi connectivity index (χ1v) is 7.45. The van der Waals surface area contributed by atoms with Gasteiger partial charge in [-0.25, -0.2) is 0 Å². The van der Waals surface area contributed by atoms with E-state index in [9.17, 15) is 4.79 Å². The fraction of sp³-hybridized carbons (Fsp3) is 0.211. The molecule has 0 aliphatic rings. The molecule has 4 heteroatoms. The Hall–Kier alpha value is -2.75. The van der Waals surface area contributed by atoms with E-state index >= 15 is 0 Å². The molecule has 0 heterocycles. The highest BCUT2D eigenvalue weighted by Gasteiger charge is 2.03. The molecule has 0 atom stereocenters. The number of ether oxygens (including phenoxy) is 2. The number of nitrogens with one attached hydrogen (secondary N) is 1. The minimum Gasteiger partial charge on any atom is -0.497 e. The Morgan fingerprint density at radius 1 is 1.09 bits per heavy atom. The average molecular weight is 311 g/mol. The van der Waals surface area contributed by atoms with Crippen molar-refractivity contribution in [2.24, 2.45) is 0 Å². The van der Waals surface area contributed by atoms with E-state index in [1.807, 2.05) is 42.5 Å². The van der Waals surface area contributed by atoms with Gasteiger partial charge in [-0.1, -0.05) is 30.3 Å². The number of benzene rings is 2. The van der Waals surface area contributed by atoms with Crippen LogP contribution in [0.5, 0.6) is 11.5 Å². The number of methoxy groups -OCH3 is 2. The molecule has 0 saturated heterocycles. The first-order chi connectivity index (χ1) is 11.2. The van der Waals surface area contributed by atoms with E-state index in [4.69, 9.17) is 9.47 Å². The maximum absolute atomic E-state index is 11.9. The summed E-state index contributed by atoms with van der Waals surface area (Å²) < 4.78 is 10.4. The highest BCUT2D eigenvalue weighted by atomic mass is 16.5. The molecule has 2 rings (SSSR count). The molecule has 120 valence electrons. The third kappa shape index (κ3) is 5.18. The zero-order valence-electron chi connectivity index (χ0n) is 13.4. The van der Waals surface area contributed by atoms with Gasteiger partial charge in [0.15, 0.2) is 0 Å². The topological polar surface area (TPSA) is 47.6 Å². The lowest BCUT2D eigenvalue weighted by Crippen LogP contribution is -2.23. The van der Waals surface area contributed by atoms with Gasteiger partial charge in [0.05, 0.1) is 14.2 Å². The molecular weight excluding hydrogens is 290 g/mol. The zero-order chi connectivity index (χ0) is 16.5. The molecule has 0 aliphatic heterocycles. The Labute approximate surface area is 136 Å². The van der Waals surface area contributed by atoms with Gasteiger partial charge in [0.2, 0.25) is 5.91 Å². The average Bonchev–Trinajstić information content (AvgIpc) is 2.60. The summed E-state index contributed by atoms with van der Waals surface area (Å²) in [5, 5.41) is 2.87.